The van der Waals surface area contributed by atoms with Crippen molar-refractivity contribution in [2.24, 2.45) is 0 Å². The molecular weight excluding hydrogens is 270 g/mol. The Balaban J connectivity index is 1.93. The molecule has 1 unspecified atom stereocenters. The summed E-state index contributed by atoms with van der Waals surface area (Å²) >= 11 is 0. The van der Waals surface area contributed by atoms with Crippen molar-refractivity contribution in [3.05, 3.63) is 48.0 Å². The maximum atomic E-state index is 12.6. The lowest BCUT2D eigenvalue weighted by atomic mass is 10.1. The first-order valence-electron chi connectivity index (χ1n) is 6.77. The molecule has 0 spiro atoms. The first-order valence-corrected chi connectivity index (χ1v) is 6.77. The van der Waals surface area contributed by atoms with E-state index in [2.05, 4.69) is 0 Å². The van der Waals surface area contributed by atoms with Crippen LogP contribution in [0.25, 0.3) is 10.8 Å². The number of ether oxygens (including phenoxy) is 1. The molecule has 1 saturated heterocycles. The van der Waals surface area contributed by atoms with Crippen molar-refractivity contribution in [3.8, 4) is 0 Å². The molecule has 1 heterocycles. The van der Waals surface area contributed by atoms with E-state index in [1.165, 1.54) is 4.90 Å². The predicted octanol–water partition coefficient (Wildman–Crippen LogP) is 1.77. The molecule has 1 fully saturated rings. The summed E-state index contributed by atoms with van der Waals surface area (Å²) in [5.74, 6) is -1.31. The van der Waals surface area contributed by atoms with Gasteiger partial charge in [-0.1, -0.05) is 30.3 Å². The van der Waals surface area contributed by atoms with E-state index in [0.29, 0.717) is 18.7 Å². The lowest BCUT2D eigenvalue weighted by Crippen LogP contribution is -2.52. The quantitative estimate of drug-likeness (QED) is 0.913. The Labute approximate surface area is 121 Å². The Bertz CT molecular complexity index is 697. The van der Waals surface area contributed by atoms with Gasteiger partial charge < -0.3 is 14.7 Å². The molecule has 3 rings (SSSR count). The largest absolute Gasteiger partial charge is 0.480 e. The molecule has 1 aliphatic heterocycles. The number of fused-ring (bicyclic) bond motifs is 1. The number of carbonyl (C=O) groups excluding carboxylic acids is 1. The maximum absolute atomic E-state index is 12.6. The van der Waals surface area contributed by atoms with Crippen molar-refractivity contribution in [2.75, 3.05) is 19.8 Å². The molecule has 21 heavy (non-hydrogen) atoms. The van der Waals surface area contributed by atoms with Crippen molar-refractivity contribution < 1.29 is 19.4 Å². The molecule has 0 bridgehead atoms. The Kier molecular flexibility index (Phi) is 3.58. The van der Waals surface area contributed by atoms with Crippen molar-refractivity contribution in [1.82, 2.24) is 4.90 Å². The summed E-state index contributed by atoms with van der Waals surface area (Å²) in [6.07, 6.45) is 0. The molecule has 1 aliphatic rings. The van der Waals surface area contributed by atoms with E-state index in [1.54, 1.807) is 12.1 Å². The smallest absolute Gasteiger partial charge is 0.328 e. The second-order valence-electron chi connectivity index (χ2n) is 4.99. The summed E-state index contributed by atoms with van der Waals surface area (Å²) in [7, 11) is 0. The summed E-state index contributed by atoms with van der Waals surface area (Å²) in [4.78, 5) is 25.2. The third-order valence-corrected chi connectivity index (χ3v) is 3.67. The predicted molar refractivity (Wildman–Crippen MR) is 77.2 cm³/mol. The highest BCUT2D eigenvalue weighted by molar-refractivity contribution is 6.00. The fraction of sp³-hybridized carbons (Fsp3) is 0.250. The van der Waals surface area contributed by atoms with Gasteiger partial charge in [-0.15, -0.1) is 0 Å². The second kappa shape index (κ2) is 5.54. The van der Waals surface area contributed by atoms with Crippen molar-refractivity contribution in [1.29, 1.82) is 0 Å². The average Bonchev–Trinajstić information content (AvgIpc) is 2.53. The van der Waals surface area contributed by atoms with Crippen LogP contribution in [-0.4, -0.2) is 47.7 Å². The van der Waals surface area contributed by atoms with Gasteiger partial charge in [-0.2, -0.15) is 0 Å². The topological polar surface area (TPSA) is 66.8 Å². The van der Waals surface area contributed by atoms with Gasteiger partial charge in [0.25, 0.3) is 5.91 Å². The number of amides is 1. The van der Waals surface area contributed by atoms with Crippen LogP contribution in [0.5, 0.6) is 0 Å². The Morgan fingerprint density at radius 1 is 1.14 bits per heavy atom. The fourth-order valence-electron chi connectivity index (χ4n) is 2.54. The molecule has 2 aromatic carbocycles. The Hall–Kier alpha value is -2.40. The summed E-state index contributed by atoms with van der Waals surface area (Å²) in [5, 5.41) is 11.2. The molecule has 5 nitrogen and oxygen atoms in total. The lowest BCUT2D eigenvalue weighted by Gasteiger charge is -2.32. The van der Waals surface area contributed by atoms with E-state index in [4.69, 9.17) is 4.74 Å². The zero-order valence-corrected chi connectivity index (χ0v) is 11.4. The van der Waals surface area contributed by atoms with Gasteiger partial charge in [0.15, 0.2) is 6.04 Å². The number of hydrogen-bond acceptors (Lipinski definition) is 3. The molecular formula is C16H15NO4. The van der Waals surface area contributed by atoms with Crippen LogP contribution in [-0.2, 0) is 9.53 Å². The normalized spacial score (nSPS) is 18.7. The van der Waals surface area contributed by atoms with Crippen LogP contribution in [0, 0.1) is 0 Å². The number of nitrogens with zero attached hydrogens (tertiary/aromatic N) is 1. The van der Waals surface area contributed by atoms with Gasteiger partial charge >= 0.3 is 5.97 Å². The Morgan fingerprint density at radius 2 is 1.90 bits per heavy atom. The van der Waals surface area contributed by atoms with Crippen LogP contribution in [0.1, 0.15) is 10.4 Å². The zero-order chi connectivity index (χ0) is 14.8. The van der Waals surface area contributed by atoms with E-state index in [0.717, 1.165) is 10.8 Å². The van der Waals surface area contributed by atoms with Crippen LogP contribution >= 0.6 is 0 Å². The SMILES string of the molecule is O=C(O)C1COCCN1C(=O)c1ccc2ccccc2c1. The van der Waals surface area contributed by atoms with Gasteiger partial charge in [0, 0.05) is 12.1 Å². The molecule has 1 amide bonds. The monoisotopic (exact) mass is 285 g/mol. The Morgan fingerprint density at radius 3 is 2.67 bits per heavy atom. The standard InChI is InChI=1S/C16H15NO4/c18-15(17-7-8-21-10-14(17)16(19)20)13-6-5-11-3-1-2-4-12(11)9-13/h1-6,9,14H,7-8,10H2,(H,19,20). The summed E-state index contributed by atoms with van der Waals surface area (Å²) in [6, 6.07) is 12.2. The van der Waals surface area contributed by atoms with Gasteiger partial charge in [0.2, 0.25) is 0 Å². The highest BCUT2D eigenvalue weighted by Crippen LogP contribution is 2.19. The maximum Gasteiger partial charge on any atom is 0.328 e. The number of rotatable bonds is 2. The number of carboxylic acids is 1. The molecule has 0 radical (unpaired) electrons. The molecule has 2 aromatic rings. The number of carboxylic acid groups (broad SMARTS) is 1. The van der Waals surface area contributed by atoms with Crippen LogP contribution in [0.15, 0.2) is 42.5 Å². The summed E-state index contributed by atoms with van der Waals surface area (Å²) in [6.45, 7) is 0.695. The fourth-order valence-corrected chi connectivity index (χ4v) is 2.54. The van der Waals surface area contributed by atoms with Crippen molar-refractivity contribution >= 4 is 22.6 Å². The molecule has 5 heteroatoms. The first kappa shape index (κ1) is 13.6. The van der Waals surface area contributed by atoms with Gasteiger partial charge in [-0.05, 0) is 22.9 Å². The van der Waals surface area contributed by atoms with E-state index >= 15 is 0 Å². The summed E-state index contributed by atoms with van der Waals surface area (Å²) in [5.41, 5.74) is 0.502. The van der Waals surface area contributed by atoms with Gasteiger partial charge in [0.05, 0.1) is 13.2 Å². The molecule has 108 valence electrons. The average molecular weight is 285 g/mol. The van der Waals surface area contributed by atoms with Crippen LogP contribution in [0.3, 0.4) is 0 Å². The third kappa shape index (κ3) is 2.60. The van der Waals surface area contributed by atoms with E-state index in [-0.39, 0.29) is 12.5 Å². The summed E-state index contributed by atoms with van der Waals surface area (Å²) < 4.78 is 5.16. The molecule has 1 atom stereocenters. The van der Waals surface area contributed by atoms with Crippen molar-refractivity contribution in [3.63, 3.8) is 0 Å². The minimum absolute atomic E-state index is 0.0364. The zero-order valence-electron chi connectivity index (χ0n) is 11.4. The van der Waals surface area contributed by atoms with Crippen LogP contribution < -0.4 is 0 Å². The van der Waals surface area contributed by atoms with Crippen molar-refractivity contribution in [2.45, 2.75) is 6.04 Å². The number of benzene rings is 2. The minimum atomic E-state index is -1.04. The van der Waals surface area contributed by atoms with Crippen LogP contribution in [0.4, 0.5) is 0 Å². The first-order chi connectivity index (χ1) is 10.2. The number of morpholine rings is 1. The number of aliphatic carboxylic acids is 1. The highest BCUT2D eigenvalue weighted by Gasteiger charge is 2.33. The third-order valence-electron chi connectivity index (χ3n) is 3.67. The number of hydrogen-bond donors (Lipinski definition) is 1. The van der Waals surface area contributed by atoms with E-state index in [9.17, 15) is 14.7 Å². The van der Waals surface area contributed by atoms with E-state index in [1.807, 2.05) is 30.3 Å². The molecule has 0 saturated carbocycles. The van der Waals surface area contributed by atoms with Crippen LogP contribution in [0.2, 0.25) is 0 Å². The molecule has 0 aromatic heterocycles. The molecule has 0 aliphatic carbocycles. The van der Waals surface area contributed by atoms with Gasteiger partial charge in [-0.25, -0.2) is 4.79 Å². The number of carbonyl (C=O) groups is 2. The van der Waals surface area contributed by atoms with Gasteiger partial charge in [-0.3, -0.25) is 4.79 Å². The highest BCUT2D eigenvalue weighted by atomic mass is 16.5. The van der Waals surface area contributed by atoms with Gasteiger partial charge in [0.1, 0.15) is 0 Å². The lowest BCUT2D eigenvalue weighted by molar-refractivity contribution is -0.147. The van der Waals surface area contributed by atoms with E-state index < -0.39 is 12.0 Å². The second-order valence-corrected chi connectivity index (χ2v) is 4.99. The molecule has 1 N–H and O–H groups in total. The minimum Gasteiger partial charge on any atom is -0.480 e.